The molecule has 0 radical (unpaired) electrons. The zero-order chi connectivity index (χ0) is 25.4. The zero-order valence-electron chi connectivity index (χ0n) is 18.6. The van der Waals surface area contributed by atoms with Crippen LogP contribution in [0, 0.1) is 0 Å². The summed E-state index contributed by atoms with van der Waals surface area (Å²) in [7, 11) is 0. The molecule has 190 valence electrons. The number of hydrogen-bond acceptors (Lipinski definition) is 9. The third-order valence-corrected chi connectivity index (χ3v) is 5.64. The van der Waals surface area contributed by atoms with Crippen molar-refractivity contribution in [3.63, 3.8) is 0 Å². The highest BCUT2D eigenvalue weighted by atomic mass is 32.2. The van der Waals surface area contributed by atoms with E-state index in [4.69, 9.17) is 16.6 Å². The third kappa shape index (κ3) is 13.3. The van der Waals surface area contributed by atoms with Crippen molar-refractivity contribution in [3.05, 3.63) is 0 Å². The van der Waals surface area contributed by atoms with Crippen LogP contribution in [0.2, 0.25) is 0 Å². The Morgan fingerprint density at radius 3 is 1.97 bits per heavy atom. The van der Waals surface area contributed by atoms with Gasteiger partial charge in [-0.2, -0.15) is 24.4 Å². The number of rotatable bonds is 18. The van der Waals surface area contributed by atoms with Crippen LogP contribution in [0.3, 0.4) is 0 Å². The summed E-state index contributed by atoms with van der Waals surface area (Å²) < 4.78 is 0. The van der Waals surface area contributed by atoms with Gasteiger partial charge in [0.15, 0.2) is 0 Å². The van der Waals surface area contributed by atoms with Crippen LogP contribution in [0.15, 0.2) is 0 Å². The number of carboxylic acids is 2. The van der Waals surface area contributed by atoms with Gasteiger partial charge in [0.05, 0.1) is 6.04 Å². The maximum atomic E-state index is 12.7. The van der Waals surface area contributed by atoms with Crippen molar-refractivity contribution >= 4 is 54.1 Å². The van der Waals surface area contributed by atoms with Gasteiger partial charge in [-0.05, 0) is 44.2 Å². The van der Waals surface area contributed by atoms with Gasteiger partial charge in [-0.1, -0.05) is 6.42 Å². The van der Waals surface area contributed by atoms with E-state index in [2.05, 4.69) is 28.6 Å². The summed E-state index contributed by atoms with van der Waals surface area (Å²) in [5.41, 5.74) is 11.2. The molecule has 0 heterocycles. The summed E-state index contributed by atoms with van der Waals surface area (Å²) in [5, 5.41) is 25.4. The quantitative estimate of drug-likeness (QED) is 0.0793. The molecule has 0 aromatic carbocycles. The molecule has 3 amide bonds. The van der Waals surface area contributed by atoms with Crippen LogP contribution in [0.5, 0.6) is 0 Å². The van der Waals surface area contributed by atoms with Gasteiger partial charge >= 0.3 is 11.9 Å². The number of thioether (sulfide) groups is 1. The van der Waals surface area contributed by atoms with Gasteiger partial charge < -0.3 is 37.6 Å². The summed E-state index contributed by atoms with van der Waals surface area (Å²) in [6.45, 7) is 0.468. The first-order valence-electron chi connectivity index (χ1n) is 10.5. The summed E-state index contributed by atoms with van der Waals surface area (Å²) in [6.07, 6.45) is 2.94. The standard InChI is InChI=1S/C19H35N5O7S2/c1-33-9-7-13(19(30)31)23-17(28)12(5-6-15(25)26)22-18(29)14(10-32)24-16(27)11(21)4-2-3-8-20/h11-14,32H,2-10,20-21H2,1H3,(H,22,29)(H,23,28)(H,24,27)(H,25,26)(H,30,31). The van der Waals surface area contributed by atoms with Gasteiger partial charge in [-0.15, -0.1) is 0 Å². The van der Waals surface area contributed by atoms with Crippen molar-refractivity contribution in [2.24, 2.45) is 11.5 Å². The molecule has 0 bridgehead atoms. The molecule has 4 unspecified atom stereocenters. The fourth-order valence-electron chi connectivity index (χ4n) is 2.69. The summed E-state index contributed by atoms with van der Waals surface area (Å²) in [4.78, 5) is 59.9. The normalized spacial score (nSPS) is 14.4. The lowest BCUT2D eigenvalue weighted by atomic mass is 10.1. The largest absolute Gasteiger partial charge is 0.481 e. The molecule has 33 heavy (non-hydrogen) atoms. The molecule has 4 atom stereocenters. The number of aliphatic carboxylic acids is 2. The van der Waals surface area contributed by atoms with E-state index >= 15 is 0 Å². The van der Waals surface area contributed by atoms with Crippen LogP contribution in [-0.4, -0.2) is 88.3 Å². The van der Waals surface area contributed by atoms with Crippen LogP contribution < -0.4 is 27.4 Å². The van der Waals surface area contributed by atoms with Crippen LogP contribution >= 0.6 is 24.4 Å². The fraction of sp³-hybridized carbons (Fsp3) is 0.737. The van der Waals surface area contributed by atoms with Gasteiger partial charge in [0.1, 0.15) is 18.1 Å². The van der Waals surface area contributed by atoms with Crippen molar-refractivity contribution in [1.82, 2.24) is 16.0 Å². The Kier molecular flexibility index (Phi) is 16.4. The number of carboxylic acid groups (broad SMARTS) is 2. The first-order chi connectivity index (χ1) is 15.6. The highest BCUT2D eigenvalue weighted by molar-refractivity contribution is 7.98. The predicted octanol–water partition coefficient (Wildman–Crippen LogP) is -1.47. The molecule has 0 spiro atoms. The summed E-state index contributed by atoms with van der Waals surface area (Å²) in [5.74, 6) is -4.24. The lowest BCUT2D eigenvalue weighted by molar-refractivity contribution is -0.143. The molecular formula is C19H35N5O7S2. The Morgan fingerprint density at radius 2 is 1.45 bits per heavy atom. The Bertz CT molecular complexity index is 668. The van der Waals surface area contributed by atoms with E-state index in [0.29, 0.717) is 31.6 Å². The second-order valence-electron chi connectivity index (χ2n) is 7.31. The number of unbranched alkanes of at least 4 members (excludes halogenated alkanes) is 1. The van der Waals surface area contributed by atoms with Crippen molar-refractivity contribution in [1.29, 1.82) is 0 Å². The number of hydrogen-bond donors (Lipinski definition) is 8. The van der Waals surface area contributed by atoms with Crippen molar-refractivity contribution in [2.75, 3.05) is 24.3 Å². The molecule has 0 aromatic heterocycles. The highest BCUT2D eigenvalue weighted by Crippen LogP contribution is 2.05. The number of nitrogens with two attached hydrogens (primary N) is 2. The minimum Gasteiger partial charge on any atom is -0.481 e. The zero-order valence-corrected chi connectivity index (χ0v) is 20.3. The first-order valence-corrected chi connectivity index (χ1v) is 12.5. The molecule has 0 aliphatic heterocycles. The van der Waals surface area contributed by atoms with Crippen molar-refractivity contribution in [3.8, 4) is 0 Å². The van der Waals surface area contributed by atoms with Gasteiger partial charge in [-0.3, -0.25) is 19.2 Å². The van der Waals surface area contributed by atoms with Crippen LogP contribution in [0.1, 0.15) is 38.5 Å². The predicted molar refractivity (Wildman–Crippen MR) is 128 cm³/mol. The Hall–Kier alpha value is -2.03. The summed E-state index contributed by atoms with van der Waals surface area (Å²) in [6, 6.07) is -4.50. The second kappa shape index (κ2) is 17.4. The third-order valence-electron chi connectivity index (χ3n) is 4.63. The Balaban J connectivity index is 5.21. The smallest absolute Gasteiger partial charge is 0.326 e. The lowest BCUT2D eigenvalue weighted by Crippen LogP contribution is -2.57. The number of thiol groups is 1. The molecule has 14 heteroatoms. The molecule has 0 saturated carbocycles. The second-order valence-corrected chi connectivity index (χ2v) is 8.66. The van der Waals surface area contributed by atoms with E-state index in [1.165, 1.54) is 11.8 Å². The SMILES string of the molecule is CSCCC(NC(=O)C(CCC(=O)O)NC(=O)C(CS)NC(=O)C(N)CCCCN)C(=O)O. The van der Waals surface area contributed by atoms with Gasteiger partial charge in [0.2, 0.25) is 17.7 Å². The van der Waals surface area contributed by atoms with E-state index < -0.39 is 60.2 Å². The Morgan fingerprint density at radius 1 is 0.879 bits per heavy atom. The number of carbonyl (C=O) groups excluding carboxylic acids is 3. The first kappa shape index (κ1) is 31.0. The molecular weight excluding hydrogens is 474 g/mol. The maximum absolute atomic E-state index is 12.7. The van der Waals surface area contributed by atoms with E-state index in [0.717, 1.165) is 0 Å². The number of carbonyl (C=O) groups is 5. The minimum absolute atomic E-state index is 0.105. The van der Waals surface area contributed by atoms with Gasteiger partial charge in [0, 0.05) is 12.2 Å². The van der Waals surface area contributed by atoms with Crippen LogP contribution in [-0.2, 0) is 24.0 Å². The average Bonchev–Trinajstić information content (AvgIpc) is 2.76. The molecule has 0 rings (SSSR count). The number of amides is 3. The topological polar surface area (TPSA) is 214 Å². The van der Waals surface area contributed by atoms with E-state index in [1.807, 2.05) is 0 Å². The van der Waals surface area contributed by atoms with Gasteiger partial charge in [0.25, 0.3) is 0 Å². The Labute approximate surface area is 202 Å². The molecule has 0 aliphatic rings. The number of nitrogens with one attached hydrogen (secondary N) is 3. The highest BCUT2D eigenvalue weighted by Gasteiger charge is 2.30. The van der Waals surface area contributed by atoms with E-state index in [9.17, 15) is 29.1 Å². The van der Waals surface area contributed by atoms with E-state index in [1.54, 1.807) is 6.26 Å². The van der Waals surface area contributed by atoms with Crippen LogP contribution in [0.4, 0.5) is 0 Å². The molecule has 9 N–H and O–H groups in total. The van der Waals surface area contributed by atoms with E-state index in [-0.39, 0.29) is 18.6 Å². The lowest BCUT2D eigenvalue weighted by Gasteiger charge is -2.24. The van der Waals surface area contributed by atoms with Crippen molar-refractivity contribution < 1.29 is 34.2 Å². The molecule has 12 nitrogen and oxygen atoms in total. The maximum Gasteiger partial charge on any atom is 0.326 e. The molecule has 0 aromatic rings. The average molecular weight is 510 g/mol. The minimum atomic E-state index is -1.32. The van der Waals surface area contributed by atoms with Crippen molar-refractivity contribution in [2.45, 2.75) is 62.7 Å². The molecule has 0 saturated heterocycles. The monoisotopic (exact) mass is 509 g/mol. The van der Waals surface area contributed by atoms with Crippen LogP contribution in [0.25, 0.3) is 0 Å². The summed E-state index contributed by atoms with van der Waals surface area (Å²) >= 11 is 5.46. The fourth-order valence-corrected chi connectivity index (χ4v) is 3.42. The molecule has 0 aliphatic carbocycles. The molecule has 0 fully saturated rings. The van der Waals surface area contributed by atoms with Gasteiger partial charge in [-0.25, -0.2) is 4.79 Å².